The third kappa shape index (κ3) is 4.75. The van der Waals surface area contributed by atoms with Crippen molar-refractivity contribution in [3.8, 4) is 6.07 Å². The van der Waals surface area contributed by atoms with E-state index in [0.717, 1.165) is 25.5 Å². The van der Waals surface area contributed by atoms with Gasteiger partial charge >= 0.3 is 5.97 Å². The fourth-order valence-electron chi connectivity index (χ4n) is 2.53. The molecule has 0 saturated carbocycles. The summed E-state index contributed by atoms with van der Waals surface area (Å²) in [5.41, 5.74) is 0.0361. The van der Waals surface area contributed by atoms with Crippen LogP contribution in [0.4, 0.5) is 5.69 Å². The van der Waals surface area contributed by atoms with Crippen molar-refractivity contribution < 1.29 is 17.9 Å². The van der Waals surface area contributed by atoms with Crippen molar-refractivity contribution in [1.82, 2.24) is 4.31 Å². The second kappa shape index (κ2) is 9.03. The van der Waals surface area contributed by atoms with Crippen LogP contribution in [-0.4, -0.2) is 38.4 Å². The maximum Gasteiger partial charge on any atom is 0.350 e. The summed E-state index contributed by atoms with van der Waals surface area (Å²) in [5, 5.41) is 12.0. The molecule has 0 aromatic heterocycles. The molecular formula is C17H20ClN3O4S. The summed E-state index contributed by atoms with van der Waals surface area (Å²) in [5.74, 6) is -0.768. The maximum absolute atomic E-state index is 12.8. The van der Waals surface area contributed by atoms with Crippen molar-refractivity contribution in [2.24, 2.45) is 0 Å². The molecule has 2 rings (SSSR count). The monoisotopic (exact) mass is 397 g/mol. The van der Waals surface area contributed by atoms with Gasteiger partial charge in [0.15, 0.2) is 5.57 Å². The van der Waals surface area contributed by atoms with Crippen LogP contribution in [0.5, 0.6) is 0 Å². The Labute approximate surface area is 158 Å². The second-order valence-corrected chi connectivity index (χ2v) is 7.99. The van der Waals surface area contributed by atoms with E-state index in [0.29, 0.717) is 13.1 Å². The van der Waals surface area contributed by atoms with Crippen molar-refractivity contribution in [2.45, 2.75) is 31.1 Å². The van der Waals surface area contributed by atoms with Gasteiger partial charge in [-0.1, -0.05) is 18.0 Å². The van der Waals surface area contributed by atoms with Crippen LogP contribution in [0.3, 0.4) is 0 Å². The predicted molar refractivity (Wildman–Crippen MR) is 98.0 cm³/mol. The molecular weight excluding hydrogens is 378 g/mol. The van der Waals surface area contributed by atoms with Crippen molar-refractivity contribution in [3.63, 3.8) is 0 Å². The number of rotatable bonds is 6. The molecule has 1 aliphatic rings. The van der Waals surface area contributed by atoms with E-state index in [1.165, 1.54) is 22.5 Å². The molecule has 1 fully saturated rings. The van der Waals surface area contributed by atoms with Gasteiger partial charge in [0.25, 0.3) is 0 Å². The Balaban J connectivity index is 2.27. The highest BCUT2D eigenvalue weighted by atomic mass is 35.5. The average Bonchev–Trinajstić information content (AvgIpc) is 2.64. The first kappa shape index (κ1) is 20.2. The summed E-state index contributed by atoms with van der Waals surface area (Å²) >= 11 is 6.10. The Bertz CT molecular complexity index is 840. The quantitative estimate of drug-likeness (QED) is 0.450. The van der Waals surface area contributed by atoms with E-state index in [1.807, 2.05) is 0 Å². The van der Waals surface area contributed by atoms with Crippen molar-refractivity contribution in [2.75, 3.05) is 25.0 Å². The van der Waals surface area contributed by atoms with Crippen LogP contribution < -0.4 is 5.32 Å². The van der Waals surface area contributed by atoms with Crippen LogP contribution in [0.15, 0.2) is 34.9 Å². The van der Waals surface area contributed by atoms with Crippen LogP contribution in [0, 0.1) is 11.3 Å². The van der Waals surface area contributed by atoms with E-state index in [4.69, 9.17) is 21.6 Å². The van der Waals surface area contributed by atoms with E-state index in [2.05, 4.69) is 5.32 Å². The molecule has 0 atom stereocenters. The molecule has 1 aromatic carbocycles. The maximum atomic E-state index is 12.8. The molecule has 1 heterocycles. The Kier molecular flexibility index (Phi) is 7.03. The second-order valence-electron chi connectivity index (χ2n) is 5.64. The third-order valence-electron chi connectivity index (χ3n) is 3.88. The summed E-state index contributed by atoms with van der Waals surface area (Å²) in [7, 11) is -3.61. The Morgan fingerprint density at radius 1 is 1.38 bits per heavy atom. The van der Waals surface area contributed by atoms with Crippen LogP contribution in [0.25, 0.3) is 0 Å². The summed E-state index contributed by atoms with van der Waals surface area (Å²) in [6, 6.07) is 6.02. The summed E-state index contributed by atoms with van der Waals surface area (Å²) in [4.78, 5) is 11.7. The van der Waals surface area contributed by atoms with Gasteiger partial charge in [-0.15, -0.1) is 0 Å². The van der Waals surface area contributed by atoms with Gasteiger partial charge in [-0.25, -0.2) is 13.2 Å². The average molecular weight is 398 g/mol. The number of hydrogen-bond donors (Lipinski definition) is 1. The smallest absolute Gasteiger partial charge is 0.350 e. The van der Waals surface area contributed by atoms with E-state index in [-0.39, 0.29) is 27.8 Å². The molecule has 0 amide bonds. The van der Waals surface area contributed by atoms with Crippen molar-refractivity contribution in [3.05, 3.63) is 35.0 Å². The first-order chi connectivity index (χ1) is 12.4. The van der Waals surface area contributed by atoms with E-state index in [1.54, 1.807) is 13.0 Å². The molecule has 140 valence electrons. The molecule has 0 bridgehead atoms. The highest BCUT2D eigenvalue weighted by Crippen LogP contribution is 2.28. The molecule has 1 saturated heterocycles. The number of nitrogens with one attached hydrogen (secondary N) is 1. The van der Waals surface area contributed by atoms with Crippen LogP contribution in [0.2, 0.25) is 5.02 Å². The fourth-order valence-corrected chi connectivity index (χ4v) is 4.24. The minimum absolute atomic E-state index is 0.106. The molecule has 1 aromatic rings. The highest BCUT2D eigenvalue weighted by molar-refractivity contribution is 7.89. The Morgan fingerprint density at radius 3 is 2.69 bits per heavy atom. The standard InChI is InChI=1S/C17H20ClN3O4S/c1-2-25-17(22)13(11-19)12-20-16-10-14(6-7-15(16)18)26(23,24)21-8-4-3-5-9-21/h6-7,10,12,20H,2-5,8-9H2,1H3/b13-12+. The van der Waals surface area contributed by atoms with Crippen molar-refractivity contribution in [1.29, 1.82) is 5.26 Å². The fraction of sp³-hybridized carbons (Fsp3) is 0.412. The van der Waals surface area contributed by atoms with Crippen LogP contribution in [-0.2, 0) is 19.6 Å². The SMILES string of the molecule is CCOC(=O)/C(C#N)=C/Nc1cc(S(=O)(=O)N2CCCCC2)ccc1Cl. The van der Waals surface area contributed by atoms with Gasteiger partial charge in [0, 0.05) is 19.3 Å². The number of anilines is 1. The Morgan fingerprint density at radius 2 is 2.08 bits per heavy atom. The topological polar surface area (TPSA) is 99.5 Å². The van der Waals surface area contributed by atoms with Crippen LogP contribution >= 0.6 is 11.6 Å². The number of nitrogens with zero attached hydrogens (tertiary/aromatic N) is 2. The van der Waals surface area contributed by atoms with Gasteiger partial charge in [-0.2, -0.15) is 9.57 Å². The largest absolute Gasteiger partial charge is 0.462 e. The number of hydrogen-bond acceptors (Lipinski definition) is 6. The zero-order valence-corrected chi connectivity index (χ0v) is 15.9. The first-order valence-corrected chi connectivity index (χ1v) is 10.1. The lowest BCUT2D eigenvalue weighted by atomic mass is 10.2. The third-order valence-corrected chi connectivity index (χ3v) is 6.10. The Hall–Kier alpha value is -2.08. The number of ether oxygens (including phenoxy) is 1. The van der Waals surface area contributed by atoms with Gasteiger partial charge in [0.05, 0.1) is 22.2 Å². The lowest BCUT2D eigenvalue weighted by Crippen LogP contribution is -2.35. The molecule has 1 aliphatic heterocycles. The lowest BCUT2D eigenvalue weighted by Gasteiger charge is -2.26. The number of benzene rings is 1. The number of nitriles is 1. The summed E-state index contributed by atoms with van der Waals surface area (Å²) in [6.45, 7) is 2.76. The molecule has 0 aliphatic carbocycles. The highest BCUT2D eigenvalue weighted by Gasteiger charge is 2.26. The molecule has 9 heteroatoms. The van der Waals surface area contributed by atoms with Crippen LogP contribution in [0.1, 0.15) is 26.2 Å². The van der Waals surface area contributed by atoms with Gasteiger partial charge in [-0.05, 0) is 38.0 Å². The number of esters is 1. The van der Waals surface area contributed by atoms with Gasteiger partial charge < -0.3 is 10.1 Å². The van der Waals surface area contributed by atoms with E-state index in [9.17, 15) is 13.2 Å². The molecule has 0 unspecified atom stereocenters. The van der Waals surface area contributed by atoms with Gasteiger partial charge in [-0.3, -0.25) is 0 Å². The zero-order chi connectivity index (χ0) is 19.2. The van der Waals surface area contributed by atoms with E-state index >= 15 is 0 Å². The number of carbonyl (C=O) groups is 1. The first-order valence-electron chi connectivity index (χ1n) is 8.23. The lowest BCUT2D eigenvalue weighted by molar-refractivity contribution is -0.138. The normalized spacial score (nSPS) is 16.0. The molecule has 7 nitrogen and oxygen atoms in total. The number of sulfonamides is 1. The minimum Gasteiger partial charge on any atom is -0.462 e. The van der Waals surface area contributed by atoms with E-state index < -0.39 is 16.0 Å². The summed E-state index contributed by atoms with van der Waals surface area (Å²) < 4.78 is 31.7. The zero-order valence-electron chi connectivity index (χ0n) is 14.4. The van der Waals surface area contributed by atoms with Crippen molar-refractivity contribution >= 4 is 33.3 Å². The number of piperidine rings is 1. The minimum atomic E-state index is -3.61. The number of halogens is 1. The summed E-state index contributed by atoms with van der Waals surface area (Å²) in [6.07, 6.45) is 3.85. The molecule has 26 heavy (non-hydrogen) atoms. The molecule has 0 radical (unpaired) electrons. The van der Waals surface area contributed by atoms with Gasteiger partial charge in [0.2, 0.25) is 10.0 Å². The number of carbonyl (C=O) groups excluding carboxylic acids is 1. The van der Waals surface area contributed by atoms with Gasteiger partial charge in [0.1, 0.15) is 6.07 Å². The predicted octanol–water partition coefficient (Wildman–Crippen LogP) is 2.90. The molecule has 0 spiro atoms. The molecule has 1 N–H and O–H groups in total.